The minimum Gasteiger partial charge on any atom is -1.00 e. The molecule has 2 aromatic carbocycles. The first-order valence-electron chi connectivity index (χ1n) is 16.3. The average Bonchev–Trinajstić information content (AvgIpc) is 3.81. The van der Waals surface area contributed by atoms with Gasteiger partial charge in [0.15, 0.2) is 0 Å². The molecule has 2 aromatic rings. The van der Waals surface area contributed by atoms with Crippen molar-refractivity contribution in [1.29, 1.82) is 0 Å². The molecular formula is C42H50Cl4Zr2. The summed E-state index contributed by atoms with van der Waals surface area (Å²) < 4.78 is 3.01. The third-order valence-corrected chi connectivity index (χ3v) is 9.06. The first kappa shape index (κ1) is 47.4. The number of fused-ring (bicyclic) bond motifs is 4. The smallest absolute Gasteiger partial charge is 0.00217 e. The predicted octanol–water partition coefficient (Wildman–Crippen LogP) is 5.63. The van der Waals surface area contributed by atoms with Crippen LogP contribution in [0.1, 0.15) is 89.8 Å². The molecule has 1 fully saturated rings. The van der Waals surface area contributed by atoms with Crippen molar-refractivity contribution in [2.75, 3.05) is 0 Å². The summed E-state index contributed by atoms with van der Waals surface area (Å²) in [5.41, 5.74) is 8.91. The largest absolute Gasteiger partial charge is 1.00 e. The number of benzene rings is 2. The van der Waals surface area contributed by atoms with Crippen LogP contribution in [-0.4, -0.2) is 6.41 Å². The van der Waals surface area contributed by atoms with E-state index in [1.54, 1.807) is 60.0 Å². The number of hydrogen-bond donors (Lipinski definition) is 0. The summed E-state index contributed by atoms with van der Waals surface area (Å²) in [6.45, 7) is 13.2. The molecular weight excluding hydrogens is 829 g/mol. The van der Waals surface area contributed by atoms with E-state index in [0.29, 0.717) is 17.3 Å². The standard InChI is InChI=1S/C18H13.C18H23.2C3H6.4ClH.2Zr/c1-2-6-13(5-1)14-9-10-18-16(11-14)12-15-7-3-4-8-17(15)18;1-3-18(4-2)13-15-11-7-8-12-16(15)17(18)14-9-5-6-10-14;2*1-3-2;;;;;;/h1-10,13H,12H2;5-10,12,14-15H,3-4,11,13H2,1-2H3;2*1-2H3;4*1H;;/q2*-1;;;;;;;2*+2/p-2. The van der Waals surface area contributed by atoms with Gasteiger partial charge in [0.25, 0.3) is 0 Å². The summed E-state index contributed by atoms with van der Waals surface area (Å²) in [5, 5.41) is 0. The fourth-order valence-electron chi connectivity index (χ4n) is 7.07. The van der Waals surface area contributed by atoms with E-state index in [-0.39, 0.29) is 49.6 Å². The second-order valence-electron chi connectivity index (χ2n) is 12.8. The number of allylic oxidation sites excluding steroid dienone is 12. The number of halogens is 4. The van der Waals surface area contributed by atoms with Crippen molar-refractivity contribution in [1.82, 2.24) is 0 Å². The van der Waals surface area contributed by atoms with Gasteiger partial charge in [-0.1, -0.05) is 123 Å². The van der Waals surface area contributed by atoms with Crippen molar-refractivity contribution < 1.29 is 73.3 Å². The maximum absolute atomic E-state index is 3.61. The van der Waals surface area contributed by atoms with Crippen LogP contribution in [0.25, 0.3) is 11.1 Å². The van der Waals surface area contributed by atoms with Gasteiger partial charge in [-0.15, -0.1) is 48.1 Å². The van der Waals surface area contributed by atoms with E-state index in [2.05, 4.69) is 151 Å². The molecule has 0 heterocycles. The molecule has 1 atom stereocenters. The molecule has 6 heteroatoms. The van der Waals surface area contributed by atoms with E-state index < -0.39 is 0 Å². The summed E-state index contributed by atoms with van der Waals surface area (Å²) >= 11 is 3.11. The number of rotatable bonds is 4. The quantitative estimate of drug-likeness (QED) is 0.299. The van der Waals surface area contributed by atoms with Gasteiger partial charge in [0, 0.05) is 0 Å². The Morgan fingerprint density at radius 2 is 1.35 bits per heavy atom. The van der Waals surface area contributed by atoms with Gasteiger partial charge in [-0.2, -0.15) is 29.7 Å². The zero-order valence-electron chi connectivity index (χ0n) is 29.2. The number of hydrogen-bond acceptors (Lipinski definition) is 0. The van der Waals surface area contributed by atoms with Crippen LogP contribution in [0.3, 0.4) is 0 Å². The van der Waals surface area contributed by atoms with Crippen LogP contribution >= 0.6 is 24.8 Å². The van der Waals surface area contributed by atoms with Crippen molar-refractivity contribution in [2.45, 2.75) is 79.6 Å². The van der Waals surface area contributed by atoms with E-state index in [9.17, 15) is 0 Å². The van der Waals surface area contributed by atoms with Gasteiger partial charge in [-0.25, -0.2) is 11.6 Å². The van der Waals surface area contributed by atoms with Crippen molar-refractivity contribution in [2.24, 2.45) is 17.3 Å². The second-order valence-corrected chi connectivity index (χ2v) is 17.7. The first-order valence-corrected chi connectivity index (χ1v) is 18.8. The van der Waals surface area contributed by atoms with E-state index in [1.807, 2.05) is 0 Å². The molecule has 0 spiro atoms. The van der Waals surface area contributed by atoms with Gasteiger partial charge in [0.1, 0.15) is 0 Å². The van der Waals surface area contributed by atoms with E-state index in [1.165, 1.54) is 59.9 Å². The molecule has 1 saturated carbocycles. The zero-order valence-corrected chi connectivity index (χ0v) is 37.2. The molecule has 0 nitrogen and oxygen atoms in total. The predicted molar refractivity (Wildman–Crippen MR) is 200 cm³/mol. The fraction of sp³-hybridized carbons (Fsp3) is 0.357. The minimum absolute atomic E-state index is 0. The Morgan fingerprint density at radius 3 is 1.94 bits per heavy atom. The third kappa shape index (κ3) is 12.3. The summed E-state index contributed by atoms with van der Waals surface area (Å²) in [6.07, 6.45) is 31.0. The van der Waals surface area contributed by atoms with Crippen molar-refractivity contribution in [3.05, 3.63) is 137 Å². The molecule has 0 radical (unpaired) electrons. The second kappa shape index (κ2) is 23.1. The van der Waals surface area contributed by atoms with Gasteiger partial charge in [-0.05, 0) is 30.6 Å². The molecule has 0 saturated heterocycles. The topological polar surface area (TPSA) is 0 Å². The van der Waals surface area contributed by atoms with Crippen molar-refractivity contribution >= 4 is 31.2 Å². The molecule has 0 aromatic heterocycles. The molecule has 5 aliphatic carbocycles. The molecule has 0 aliphatic heterocycles. The Hall–Kier alpha value is -0.584. The molecule has 254 valence electrons. The Balaban J connectivity index is 0.000000706. The average molecular weight is 879 g/mol. The van der Waals surface area contributed by atoms with Gasteiger partial charge in [0.05, 0.1) is 0 Å². The van der Waals surface area contributed by atoms with Gasteiger partial charge < -0.3 is 24.8 Å². The molecule has 7 rings (SSSR count). The fourth-order valence-corrected chi connectivity index (χ4v) is 7.07. The van der Waals surface area contributed by atoms with Gasteiger partial charge in [-0.3, -0.25) is 0 Å². The van der Waals surface area contributed by atoms with E-state index >= 15 is 0 Å². The van der Waals surface area contributed by atoms with Crippen LogP contribution in [0.15, 0.2) is 109 Å². The van der Waals surface area contributed by atoms with Crippen molar-refractivity contribution in [3.63, 3.8) is 0 Å². The monoisotopic (exact) mass is 874 g/mol. The molecule has 1 unspecified atom stereocenters. The molecule has 5 aliphatic rings. The molecule has 0 bridgehead atoms. The van der Waals surface area contributed by atoms with E-state index in [0.717, 1.165) is 12.3 Å². The van der Waals surface area contributed by atoms with Crippen LogP contribution in [0.2, 0.25) is 0 Å². The normalized spacial score (nSPS) is 18.0. The SMILES string of the molecule is CCC1(CC)CC2CC=CC=C2[C-]1C1C=CC=C1.C[C](C)=[Zr+2].C[C](C)=[Zr+2].Cl.Cl.[Cl-].[Cl-].[c-]1c(C2C=CC=C2)ccc2c1Cc1ccccc1-2. The minimum atomic E-state index is 0. The van der Waals surface area contributed by atoms with Crippen LogP contribution in [0, 0.1) is 29.2 Å². The van der Waals surface area contributed by atoms with Gasteiger partial charge >= 0.3 is 82.6 Å². The maximum atomic E-state index is 3.61. The first-order chi connectivity index (χ1) is 21.2. The Labute approximate surface area is 346 Å². The van der Waals surface area contributed by atoms with Crippen molar-refractivity contribution in [3.8, 4) is 11.1 Å². The van der Waals surface area contributed by atoms with Crippen LogP contribution in [-0.2, 0) is 54.9 Å². The Morgan fingerprint density at radius 1 is 0.792 bits per heavy atom. The Bertz CT molecular complexity index is 1480. The van der Waals surface area contributed by atoms with E-state index in [4.69, 9.17) is 0 Å². The zero-order chi connectivity index (χ0) is 31.7. The summed E-state index contributed by atoms with van der Waals surface area (Å²) in [5.74, 6) is 3.49. The summed E-state index contributed by atoms with van der Waals surface area (Å²) in [7, 11) is 0. The summed E-state index contributed by atoms with van der Waals surface area (Å²) in [4.78, 5) is 0. The molecule has 0 amide bonds. The molecule has 48 heavy (non-hydrogen) atoms. The summed E-state index contributed by atoms with van der Waals surface area (Å²) in [6, 6.07) is 16.7. The van der Waals surface area contributed by atoms with Crippen LogP contribution in [0.5, 0.6) is 0 Å². The third-order valence-electron chi connectivity index (χ3n) is 9.06. The maximum Gasteiger partial charge on any atom is -0.00217 e. The Kier molecular flexibility index (Phi) is 22.8. The van der Waals surface area contributed by atoms with Gasteiger partial charge in [0.2, 0.25) is 0 Å². The van der Waals surface area contributed by atoms with Crippen LogP contribution in [0.4, 0.5) is 0 Å². The molecule has 0 N–H and O–H groups in total. The van der Waals surface area contributed by atoms with Crippen LogP contribution < -0.4 is 24.8 Å².